The van der Waals surface area contributed by atoms with Crippen LogP contribution in [0.4, 0.5) is 0 Å². The number of carbonyl (C=O) groups excluding carboxylic acids is 4. The molecule has 218 valence electrons. The van der Waals surface area contributed by atoms with Gasteiger partial charge in [-0.15, -0.1) is 0 Å². The van der Waals surface area contributed by atoms with Crippen LogP contribution in [0, 0.1) is 0 Å². The third-order valence-electron chi connectivity index (χ3n) is 5.97. The summed E-state index contributed by atoms with van der Waals surface area (Å²) >= 11 is 0. The van der Waals surface area contributed by atoms with Gasteiger partial charge in [-0.25, -0.2) is 4.79 Å². The molecule has 1 aromatic rings. The molecule has 39 heavy (non-hydrogen) atoms. The Morgan fingerprint density at radius 1 is 1.10 bits per heavy atom. The van der Waals surface area contributed by atoms with Crippen LogP contribution in [0.5, 0.6) is 0 Å². The molecule has 1 aliphatic rings. The molecule has 0 spiro atoms. The minimum absolute atomic E-state index is 0.0372. The van der Waals surface area contributed by atoms with Crippen LogP contribution in [0.3, 0.4) is 0 Å². The predicted molar refractivity (Wildman–Crippen MR) is 132 cm³/mol. The molecule has 1 aromatic carbocycles. The summed E-state index contributed by atoms with van der Waals surface area (Å²) in [6.07, 6.45) is -6.38. The van der Waals surface area contributed by atoms with Crippen LogP contribution in [0.2, 0.25) is 0 Å². The van der Waals surface area contributed by atoms with Crippen molar-refractivity contribution in [2.45, 2.75) is 68.6 Å². The van der Waals surface area contributed by atoms with Crippen LogP contribution >= 0.6 is 0 Å². The van der Waals surface area contributed by atoms with Crippen LogP contribution in [-0.4, -0.2) is 113 Å². The van der Waals surface area contributed by atoms with Gasteiger partial charge in [0.1, 0.15) is 30.4 Å². The van der Waals surface area contributed by atoms with Crippen molar-refractivity contribution in [3.63, 3.8) is 0 Å². The number of aliphatic hydroxyl groups excluding tert-OH is 4. The van der Waals surface area contributed by atoms with E-state index in [4.69, 9.17) is 25.7 Å². The van der Waals surface area contributed by atoms with E-state index in [-0.39, 0.29) is 18.5 Å². The molecule has 0 aromatic heterocycles. The van der Waals surface area contributed by atoms with E-state index in [1.165, 1.54) is 12.1 Å². The predicted octanol–water partition coefficient (Wildman–Crippen LogP) is -3.76. The molecular weight excluding hydrogens is 520 g/mol. The Balaban J connectivity index is 1.85. The number of hydrogen-bond acceptors (Lipinski definition) is 13. The second-order valence-electron chi connectivity index (χ2n) is 9.00. The highest BCUT2D eigenvalue weighted by molar-refractivity contribution is 5.97. The van der Waals surface area contributed by atoms with Crippen LogP contribution in [-0.2, 0) is 28.6 Å². The van der Waals surface area contributed by atoms with Gasteiger partial charge in [0.25, 0.3) is 0 Å². The second kappa shape index (κ2) is 15.5. The third-order valence-corrected chi connectivity index (χ3v) is 5.97. The zero-order valence-electron chi connectivity index (χ0n) is 21.3. The van der Waals surface area contributed by atoms with E-state index in [0.717, 1.165) is 0 Å². The van der Waals surface area contributed by atoms with Gasteiger partial charge in [-0.05, 0) is 25.5 Å². The Bertz CT molecular complexity index is 967. The number of aliphatic hydroxyl groups is 4. The van der Waals surface area contributed by atoms with Gasteiger partial charge in [-0.1, -0.05) is 18.2 Å². The molecule has 15 heteroatoms. The summed E-state index contributed by atoms with van der Waals surface area (Å²) < 4.78 is 15.4. The third kappa shape index (κ3) is 9.59. The Morgan fingerprint density at radius 2 is 1.77 bits per heavy atom. The number of primary amides is 1. The van der Waals surface area contributed by atoms with Gasteiger partial charge in [0, 0.05) is 13.0 Å². The van der Waals surface area contributed by atoms with Crippen molar-refractivity contribution in [2.24, 2.45) is 11.5 Å². The van der Waals surface area contributed by atoms with Gasteiger partial charge >= 0.3 is 11.9 Å². The maximum absolute atomic E-state index is 12.6. The topological polar surface area (TPSA) is 253 Å². The van der Waals surface area contributed by atoms with Gasteiger partial charge in [0.05, 0.1) is 30.9 Å². The number of nitrogens with one attached hydrogen (secondary N) is 2. The van der Waals surface area contributed by atoms with Gasteiger partial charge in [-0.2, -0.15) is 0 Å². The zero-order chi connectivity index (χ0) is 29.1. The molecule has 1 fully saturated rings. The molecule has 1 heterocycles. The quantitative estimate of drug-likeness (QED) is 0.0810. The Hall–Kier alpha value is -3.02. The number of carbonyl (C=O) groups is 4. The van der Waals surface area contributed by atoms with Crippen molar-refractivity contribution in [2.75, 3.05) is 19.8 Å². The van der Waals surface area contributed by atoms with Crippen LogP contribution in [0.25, 0.3) is 0 Å². The fourth-order valence-electron chi connectivity index (χ4n) is 3.75. The number of nitrogens with two attached hydrogens (primary N) is 2. The highest BCUT2D eigenvalue weighted by Crippen LogP contribution is 2.22. The number of amides is 2. The van der Waals surface area contributed by atoms with E-state index in [2.05, 4.69) is 10.6 Å². The lowest BCUT2D eigenvalue weighted by atomic mass is 9.97. The zero-order valence-corrected chi connectivity index (χ0v) is 21.3. The lowest BCUT2D eigenvalue weighted by Crippen LogP contribution is -2.63. The van der Waals surface area contributed by atoms with Crippen molar-refractivity contribution < 1.29 is 53.8 Å². The average molecular weight is 557 g/mol. The first-order chi connectivity index (χ1) is 18.5. The summed E-state index contributed by atoms with van der Waals surface area (Å²) in [5.74, 6) is -3.54. The van der Waals surface area contributed by atoms with Crippen LogP contribution < -0.4 is 22.1 Å². The standard InChI is InChI=1S/C24H36N4O11/c1-12(37-20-18(25)24(36)38-16(11-30)19(20)32)9-27-15(10-29)22(34)28-14(21(26)33)7-8-17(31)39-23(35)13-5-3-2-4-6-13/h2-6,12,14-16,18-20,24,27,29-30,32,36H,7-11,25H2,1H3,(H2,26,33)(H,28,34)/t12?,14-,15+,16-,18-,19-,20-,24+/m1/s1. The molecule has 1 saturated heterocycles. The Labute approximate surface area is 224 Å². The number of esters is 2. The van der Waals surface area contributed by atoms with Gasteiger partial charge in [-0.3, -0.25) is 14.4 Å². The molecule has 1 unspecified atom stereocenters. The Kier molecular flexibility index (Phi) is 12.8. The molecule has 1 aliphatic heterocycles. The molecular formula is C24H36N4O11. The molecule has 2 amide bonds. The summed E-state index contributed by atoms with van der Waals surface area (Å²) in [7, 11) is 0. The average Bonchev–Trinajstić information content (AvgIpc) is 2.91. The highest BCUT2D eigenvalue weighted by atomic mass is 16.6. The molecule has 0 aliphatic carbocycles. The minimum atomic E-state index is -1.48. The van der Waals surface area contributed by atoms with Crippen molar-refractivity contribution in [3.05, 3.63) is 35.9 Å². The monoisotopic (exact) mass is 556 g/mol. The maximum Gasteiger partial charge on any atom is 0.345 e. The number of rotatable bonds is 14. The SMILES string of the molecule is CC(CN[C@@H](CO)C(=O)N[C@H](CCC(=O)OC(=O)c1ccccc1)C(N)=O)O[C@@H]1[C@@H](N)[C@@H](O)O[C@H](CO)[C@H]1O. The van der Waals surface area contributed by atoms with Gasteiger partial charge in [0.15, 0.2) is 6.29 Å². The van der Waals surface area contributed by atoms with E-state index in [1.54, 1.807) is 25.1 Å². The number of ether oxygens (including phenoxy) is 3. The summed E-state index contributed by atoms with van der Waals surface area (Å²) in [6, 6.07) is 4.18. The lowest BCUT2D eigenvalue weighted by Gasteiger charge is -2.41. The summed E-state index contributed by atoms with van der Waals surface area (Å²) in [6.45, 7) is 0.280. The summed E-state index contributed by atoms with van der Waals surface area (Å²) in [5, 5.41) is 44.2. The molecule has 10 N–H and O–H groups in total. The summed E-state index contributed by atoms with van der Waals surface area (Å²) in [4.78, 5) is 48.5. The highest BCUT2D eigenvalue weighted by Gasteiger charge is 2.44. The van der Waals surface area contributed by atoms with E-state index >= 15 is 0 Å². The van der Waals surface area contributed by atoms with Gasteiger partial charge < -0.3 is 56.7 Å². The summed E-state index contributed by atoms with van der Waals surface area (Å²) in [5.41, 5.74) is 11.3. The normalized spacial score (nSPS) is 25.2. The van der Waals surface area contributed by atoms with Crippen LogP contribution in [0.15, 0.2) is 30.3 Å². The molecule has 0 radical (unpaired) electrons. The fraction of sp³-hybridized carbons (Fsp3) is 0.583. The first-order valence-corrected chi connectivity index (χ1v) is 12.3. The maximum atomic E-state index is 12.6. The van der Waals surface area contributed by atoms with E-state index in [1.807, 2.05) is 0 Å². The molecule has 0 bridgehead atoms. The molecule has 15 nitrogen and oxygen atoms in total. The molecule has 2 rings (SSSR count). The van der Waals surface area contributed by atoms with Crippen molar-refractivity contribution in [1.29, 1.82) is 0 Å². The van der Waals surface area contributed by atoms with Crippen LogP contribution in [0.1, 0.15) is 30.1 Å². The number of hydrogen-bond donors (Lipinski definition) is 8. The minimum Gasteiger partial charge on any atom is -0.394 e. The van der Waals surface area contributed by atoms with Crippen molar-refractivity contribution >= 4 is 23.8 Å². The first-order valence-electron chi connectivity index (χ1n) is 12.3. The van der Waals surface area contributed by atoms with Gasteiger partial charge in [0.2, 0.25) is 11.8 Å². The first kappa shape index (κ1) is 32.2. The van der Waals surface area contributed by atoms with E-state index in [9.17, 15) is 39.6 Å². The molecule has 8 atom stereocenters. The lowest BCUT2D eigenvalue weighted by molar-refractivity contribution is -0.262. The largest absolute Gasteiger partial charge is 0.394 e. The van der Waals surface area contributed by atoms with E-state index < -0.39 is 92.2 Å². The number of benzene rings is 1. The Morgan fingerprint density at radius 3 is 2.36 bits per heavy atom. The van der Waals surface area contributed by atoms with E-state index in [0.29, 0.717) is 0 Å². The van der Waals surface area contributed by atoms with Crippen molar-refractivity contribution in [3.8, 4) is 0 Å². The smallest absolute Gasteiger partial charge is 0.345 e. The fourth-order valence-corrected chi connectivity index (χ4v) is 3.75. The second-order valence-corrected chi connectivity index (χ2v) is 9.00. The van der Waals surface area contributed by atoms with Crippen molar-refractivity contribution in [1.82, 2.24) is 10.6 Å². The molecule has 0 saturated carbocycles.